The van der Waals surface area contributed by atoms with E-state index in [9.17, 15) is 9.90 Å². The molecule has 172 valence electrons. The van der Waals surface area contributed by atoms with Crippen LogP contribution in [-0.2, 0) is 11.2 Å². The van der Waals surface area contributed by atoms with Gasteiger partial charge in [-0.2, -0.15) is 0 Å². The van der Waals surface area contributed by atoms with Crippen LogP contribution in [0, 0.1) is 0 Å². The number of hydrogen-bond donors (Lipinski definition) is 2. The molecule has 2 aromatic carbocycles. The van der Waals surface area contributed by atoms with Crippen molar-refractivity contribution in [2.45, 2.75) is 51.4 Å². The van der Waals surface area contributed by atoms with Crippen LogP contribution in [0.4, 0.5) is 11.4 Å². The van der Waals surface area contributed by atoms with Crippen molar-refractivity contribution in [2.75, 3.05) is 42.9 Å². The summed E-state index contributed by atoms with van der Waals surface area (Å²) >= 11 is 6.55. The maximum absolute atomic E-state index is 12.5. The lowest BCUT2D eigenvalue weighted by Crippen LogP contribution is -2.46. The Morgan fingerprint density at radius 2 is 1.84 bits per heavy atom. The highest BCUT2D eigenvalue weighted by molar-refractivity contribution is 6.33. The van der Waals surface area contributed by atoms with Crippen LogP contribution in [0.5, 0.6) is 5.75 Å². The second-order valence-corrected chi connectivity index (χ2v) is 9.42. The Morgan fingerprint density at radius 3 is 2.53 bits per heavy atom. The fraction of sp³-hybridized carbons (Fsp3) is 0.500. The number of benzene rings is 2. The normalized spacial score (nSPS) is 17.6. The molecular formula is C26H34ClN3O2. The SMILES string of the molecule is CCN1CCN(c2ccc(NC(=O)CCc3ccc(O)c(C4CCCC4)c3)cc2Cl)CC1. The largest absolute Gasteiger partial charge is 0.508 e. The molecule has 4 rings (SSSR count). The van der Waals surface area contributed by atoms with Gasteiger partial charge in [-0.1, -0.05) is 43.5 Å². The fourth-order valence-corrected chi connectivity index (χ4v) is 5.25. The Morgan fingerprint density at radius 1 is 1.09 bits per heavy atom. The van der Waals surface area contributed by atoms with E-state index in [4.69, 9.17) is 11.6 Å². The number of carbonyl (C=O) groups excluding carboxylic acids is 1. The molecule has 1 amide bonds. The molecule has 5 nitrogen and oxygen atoms in total. The van der Waals surface area contributed by atoms with Crippen molar-refractivity contribution in [3.05, 3.63) is 52.5 Å². The van der Waals surface area contributed by atoms with Crippen molar-refractivity contribution < 1.29 is 9.90 Å². The molecule has 0 atom stereocenters. The first-order valence-electron chi connectivity index (χ1n) is 11.9. The zero-order chi connectivity index (χ0) is 22.5. The lowest BCUT2D eigenvalue weighted by Gasteiger charge is -2.36. The minimum atomic E-state index is -0.0270. The Bertz CT molecular complexity index is 935. The number of rotatable bonds is 7. The monoisotopic (exact) mass is 455 g/mol. The molecule has 0 radical (unpaired) electrons. The quantitative estimate of drug-likeness (QED) is 0.585. The number of nitrogens with one attached hydrogen (secondary N) is 1. The zero-order valence-electron chi connectivity index (χ0n) is 18.9. The number of phenolic OH excluding ortho intramolecular Hbond substituents is 1. The average Bonchev–Trinajstić information content (AvgIpc) is 3.33. The van der Waals surface area contributed by atoms with Gasteiger partial charge < -0.3 is 20.2 Å². The van der Waals surface area contributed by atoms with Crippen LogP contribution < -0.4 is 10.2 Å². The number of halogens is 1. The lowest BCUT2D eigenvalue weighted by atomic mass is 9.94. The molecule has 2 fully saturated rings. The van der Waals surface area contributed by atoms with Crippen molar-refractivity contribution in [3.63, 3.8) is 0 Å². The molecule has 0 aromatic heterocycles. The minimum Gasteiger partial charge on any atom is -0.508 e. The fourth-order valence-electron chi connectivity index (χ4n) is 4.95. The summed E-state index contributed by atoms with van der Waals surface area (Å²) < 4.78 is 0. The first kappa shape index (κ1) is 22.9. The van der Waals surface area contributed by atoms with Gasteiger partial charge in [0.05, 0.1) is 10.7 Å². The number of nitrogens with zero attached hydrogens (tertiary/aromatic N) is 2. The number of carbonyl (C=O) groups is 1. The number of aryl methyl sites for hydroxylation is 1. The van der Waals surface area contributed by atoms with Crippen LogP contribution in [0.2, 0.25) is 5.02 Å². The van der Waals surface area contributed by atoms with Gasteiger partial charge in [-0.3, -0.25) is 4.79 Å². The van der Waals surface area contributed by atoms with Crippen LogP contribution in [-0.4, -0.2) is 48.6 Å². The van der Waals surface area contributed by atoms with E-state index in [1.54, 1.807) is 6.07 Å². The summed E-state index contributed by atoms with van der Waals surface area (Å²) in [5.41, 5.74) is 3.90. The van der Waals surface area contributed by atoms with Gasteiger partial charge in [0.15, 0.2) is 0 Å². The van der Waals surface area contributed by atoms with Crippen molar-refractivity contribution in [1.29, 1.82) is 0 Å². The van der Waals surface area contributed by atoms with E-state index in [1.807, 2.05) is 24.3 Å². The predicted molar refractivity (Wildman–Crippen MR) is 132 cm³/mol. The number of piperazine rings is 1. The van der Waals surface area contributed by atoms with Gasteiger partial charge in [0.2, 0.25) is 5.91 Å². The van der Waals surface area contributed by atoms with Gasteiger partial charge in [0, 0.05) is 38.3 Å². The molecule has 1 saturated carbocycles. The van der Waals surface area contributed by atoms with Gasteiger partial charge in [-0.15, -0.1) is 0 Å². The van der Waals surface area contributed by atoms with E-state index in [1.165, 1.54) is 12.8 Å². The number of amides is 1. The smallest absolute Gasteiger partial charge is 0.224 e. The van der Waals surface area contributed by atoms with Gasteiger partial charge in [-0.05, 0) is 67.1 Å². The number of aromatic hydroxyl groups is 1. The lowest BCUT2D eigenvalue weighted by molar-refractivity contribution is -0.116. The molecule has 6 heteroatoms. The topological polar surface area (TPSA) is 55.8 Å². The summed E-state index contributed by atoms with van der Waals surface area (Å²) in [6, 6.07) is 11.6. The second kappa shape index (κ2) is 10.6. The van der Waals surface area contributed by atoms with Crippen molar-refractivity contribution >= 4 is 28.9 Å². The van der Waals surface area contributed by atoms with Crippen molar-refractivity contribution in [1.82, 2.24) is 4.90 Å². The molecule has 2 aliphatic rings. The van der Waals surface area contributed by atoms with Crippen LogP contribution in [0.25, 0.3) is 0 Å². The first-order chi connectivity index (χ1) is 15.5. The summed E-state index contributed by atoms with van der Waals surface area (Å²) in [6.07, 6.45) is 5.79. The van der Waals surface area contributed by atoms with E-state index in [-0.39, 0.29) is 5.91 Å². The molecule has 1 saturated heterocycles. The maximum atomic E-state index is 12.5. The Balaban J connectivity index is 1.31. The van der Waals surface area contributed by atoms with E-state index in [2.05, 4.69) is 28.1 Å². The second-order valence-electron chi connectivity index (χ2n) is 9.01. The number of phenols is 1. The molecule has 0 bridgehead atoms. The van der Waals surface area contributed by atoms with E-state index >= 15 is 0 Å². The summed E-state index contributed by atoms with van der Waals surface area (Å²) in [5, 5.41) is 13.9. The summed E-state index contributed by atoms with van der Waals surface area (Å²) in [5.74, 6) is 0.811. The molecule has 0 unspecified atom stereocenters. The molecule has 32 heavy (non-hydrogen) atoms. The van der Waals surface area contributed by atoms with Crippen LogP contribution in [0.3, 0.4) is 0 Å². The number of hydrogen-bond acceptors (Lipinski definition) is 4. The van der Waals surface area contributed by atoms with E-state index < -0.39 is 0 Å². The summed E-state index contributed by atoms with van der Waals surface area (Å²) in [4.78, 5) is 17.3. The number of anilines is 2. The molecule has 2 aromatic rings. The highest BCUT2D eigenvalue weighted by Crippen LogP contribution is 2.38. The Hall–Kier alpha value is -2.24. The van der Waals surface area contributed by atoms with Crippen LogP contribution in [0.15, 0.2) is 36.4 Å². The third kappa shape index (κ3) is 5.57. The van der Waals surface area contributed by atoms with Crippen LogP contribution >= 0.6 is 11.6 Å². The zero-order valence-corrected chi connectivity index (χ0v) is 19.7. The summed E-state index contributed by atoms with van der Waals surface area (Å²) in [6.45, 7) is 7.30. The average molecular weight is 456 g/mol. The standard InChI is InChI=1S/C26H34ClN3O2/c1-2-29-13-15-30(16-14-29)24-10-9-21(18-23(24)27)28-26(32)12-8-19-7-11-25(31)22(17-19)20-5-3-4-6-20/h7,9-11,17-18,20,31H,2-6,8,12-16H2,1H3,(H,28,32). The summed E-state index contributed by atoms with van der Waals surface area (Å²) in [7, 11) is 0. The first-order valence-corrected chi connectivity index (χ1v) is 12.3. The van der Waals surface area contributed by atoms with Crippen LogP contribution in [0.1, 0.15) is 56.1 Å². The van der Waals surface area contributed by atoms with Gasteiger partial charge in [0.25, 0.3) is 0 Å². The molecule has 2 N–H and O–H groups in total. The number of likely N-dealkylation sites (N-methyl/N-ethyl adjacent to an activating group) is 1. The molecule has 1 aliphatic heterocycles. The Kier molecular flexibility index (Phi) is 7.59. The van der Waals surface area contributed by atoms with Gasteiger partial charge in [0.1, 0.15) is 5.75 Å². The highest BCUT2D eigenvalue weighted by atomic mass is 35.5. The van der Waals surface area contributed by atoms with Gasteiger partial charge in [-0.25, -0.2) is 0 Å². The third-order valence-corrected chi connectivity index (χ3v) is 7.22. The van der Waals surface area contributed by atoms with Crippen molar-refractivity contribution in [3.8, 4) is 5.75 Å². The van der Waals surface area contributed by atoms with E-state index in [0.717, 1.165) is 68.1 Å². The molecular weight excluding hydrogens is 422 g/mol. The minimum absolute atomic E-state index is 0.0270. The maximum Gasteiger partial charge on any atom is 0.224 e. The van der Waals surface area contributed by atoms with Gasteiger partial charge >= 0.3 is 0 Å². The molecule has 1 aliphatic carbocycles. The van der Waals surface area contributed by atoms with E-state index in [0.29, 0.717) is 29.5 Å². The Labute approximate surface area is 196 Å². The molecule has 0 spiro atoms. The van der Waals surface area contributed by atoms with Crippen molar-refractivity contribution in [2.24, 2.45) is 0 Å². The third-order valence-electron chi connectivity index (χ3n) is 6.92. The molecule has 1 heterocycles. The predicted octanol–water partition coefficient (Wildman–Crippen LogP) is 5.42. The highest BCUT2D eigenvalue weighted by Gasteiger charge is 2.21.